The predicted molar refractivity (Wildman–Crippen MR) is 152 cm³/mol. The quantitative estimate of drug-likeness (QED) is 0.340. The fourth-order valence-electron chi connectivity index (χ4n) is 4.23. The number of rotatable bonds is 8. The van der Waals surface area contributed by atoms with Crippen molar-refractivity contribution in [1.82, 2.24) is 24.2 Å². The van der Waals surface area contributed by atoms with E-state index in [1.165, 1.54) is 53.7 Å². The number of alkyl halides is 3. The maximum atomic E-state index is 13.9. The van der Waals surface area contributed by atoms with Crippen LogP contribution >= 0.6 is 0 Å². The number of aryl methyl sites for hydroxylation is 1. The molecule has 3 heterocycles. The summed E-state index contributed by atoms with van der Waals surface area (Å²) in [6.45, 7) is 3.48. The number of methoxy groups -OCH3 is 1. The largest absolute Gasteiger partial charge is 0.481 e. The van der Waals surface area contributed by atoms with Gasteiger partial charge in [-0.05, 0) is 30.7 Å². The highest BCUT2D eigenvalue weighted by Crippen LogP contribution is 2.37. The zero-order chi connectivity index (χ0) is 31.5. The average Bonchev–Trinajstić information content (AvgIpc) is 2.93. The van der Waals surface area contributed by atoms with Gasteiger partial charge in [-0.25, -0.2) is 18.4 Å². The number of nitrogens with zero attached hydrogens (tertiary/aromatic N) is 5. The first-order chi connectivity index (χ1) is 20.2. The molecule has 0 unspecified atom stereocenters. The van der Waals surface area contributed by atoms with Gasteiger partial charge in [-0.3, -0.25) is 9.59 Å². The molecule has 0 radical (unpaired) electrons. The SMILES string of the molecule is COc1cc(Nc2ncc(C(F)(F)F)c(Nc3ccc(C(=O)N4CCN(S(C)(=O)=O)CC4)cc3NC(C)=O)n2)c(C)cn1. The molecule has 0 atom stereocenters. The Labute approximate surface area is 245 Å². The molecule has 1 fully saturated rings. The highest BCUT2D eigenvalue weighted by molar-refractivity contribution is 7.88. The molecule has 2 aromatic heterocycles. The molecule has 0 bridgehead atoms. The van der Waals surface area contributed by atoms with Crippen LogP contribution in [0, 0.1) is 6.92 Å². The molecule has 0 aliphatic carbocycles. The van der Waals surface area contributed by atoms with E-state index < -0.39 is 39.4 Å². The van der Waals surface area contributed by atoms with E-state index in [0.29, 0.717) is 17.4 Å². The fourth-order valence-corrected chi connectivity index (χ4v) is 5.06. The Kier molecular flexibility index (Phi) is 9.05. The van der Waals surface area contributed by atoms with Gasteiger partial charge in [0.25, 0.3) is 5.91 Å². The maximum absolute atomic E-state index is 13.9. The van der Waals surface area contributed by atoms with Crippen LogP contribution in [-0.4, -0.2) is 83.9 Å². The lowest BCUT2D eigenvalue weighted by molar-refractivity contribution is -0.137. The number of hydrogen-bond acceptors (Lipinski definition) is 10. The van der Waals surface area contributed by atoms with Crippen molar-refractivity contribution in [3.8, 4) is 5.88 Å². The fraction of sp³-hybridized carbons (Fsp3) is 0.346. The van der Waals surface area contributed by atoms with Gasteiger partial charge in [0.2, 0.25) is 27.8 Å². The molecule has 13 nitrogen and oxygen atoms in total. The van der Waals surface area contributed by atoms with E-state index in [1.807, 2.05) is 0 Å². The van der Waals surface area contributed by atoms with Crippen molar-refractivity contribution in [1.29, 1.82) is 0 Å². The molecule has 0 saturated carbocycles. The number of carbonyl (C=O) groups is 2. The molecule has 1 aromatic carbocycles. The summed E-state index contributed by atoms with van der Waals surface area (Å²) >= 11 is 0. The number of piperazine rings is 1. The standard InChI is InChI=1S/C26H29F3N8O5S/c1-15-13-30-22(42-3)12-20(15)34-25-31-14-18(26(27,28)29)23(35-25)33-19-6-5-17(11-21(19)32-16(2)38)24(39)36-7-9-37(10-8-36)43(4,40)41/h5-6,11-14H,7-10H2,1-4H3,(H,32,38)(H2,30,31,33,34,35). The number of nitrogens with one attached hydrogen (secondary N) is 3. The molecule has 43 heavy (non-hydrogen) atoms. The Morgan fingerprint density at radius 3 is 2.28 bits per heavy atom. The monoisotopic (exact) mass is 622 g/mol. The smallest absolute Gasteiger partial charge is 0.421 e. The number of ether oxygens (including phenoxy) is 1. The summed E-state index contributed by atoms with van der Waals surface area (Å²) in [5.41, 5.74) is 0.154. The summed E-state index contributed by atoms with van der Waals surface area (Å²) in [4.78, 5) is 38.5. The lowest BCUT2D eigenvalue weighted by Crippen LogP contribution is -2.50. The summed E-state index contributed by atoms with van der Waals surface area (Å²) in [6.07, 6.45) is -1.60. The van der Waals surface area contributed by atoms with Gasteiger partial charge in [0.05, 0.1) is 30.4 Å². The Hall–Kier alpha value is -4.51. The lowest BCUT2D eigenvalue weighted by atomic mass is 10.1. The topological polar surface area (TPSA) is 159 Å². The highest BCUT2D eigenvalue weighted by atomic mass is 32.2. The van der Waals surface area contributed by atoms with Gasteiger partial charge in [0.15, 0.2) is 0 Å². The average molecular weight is 623 g/mol. The molecule has 4 rings (SSSR count). The van der Waals surface area contributed by atoms with Crippen LogP contribution in [0.4, 0.5) is 42.0 Å². The molecule has 1 aliphatic rings. The first kappa shape index (κ1) is 31.4. The minimum atomic E-state index is -4.82. The maximum Gasteiger partial charge on any atom is 0.421 e. The summed E-state index contributed by atoms with van der Waals surface area (Å²) in [7, 11) is -1.98. The predicted octanol–water partition coefficient (Wildman–Crippen LogP) is 3.37. The third-order valence-corrected chi connectivity index (χ3v) is 7.76. The van der Waals surface area contributed by atoms with Crippen LogP contribution in [-0.2, 0) is 21.0 Å². The molecular weight excluding hydrogens is 593 g/mol. The Balaban J connectivity index is 1.65. The summed E-state index contributed by atoms with van der Waals surface area (Å²) in [5, 5.41) is 8.01. The summed E-state index contributed by atoms with van der Waals surface area (Å²) in [6, 6.07) is 5.60. The van der Waals surface area contributed by atoms with Crippen LogP contribution in [0.1, 0.15) is 28.4 Å². The first-order valence-corrected chi connectivity index (χ1v) is 14.7. The van der Waals surface area contributed by atoms with E-state index in [0.717, 1.165) is 6.26 Å². The minimum Gasteiger partial charge on any atom is -0.481 e. The Morgan fingerprint density at radius 1 is 0.977 bits per heavy atom. The van der Waals surface area contributed by atoms with Gasteiger partial charge < -0.3 is 25.6 Å². The van der Waals surface area contributed by atoms with Crippen molar-refractivity contribution in [2.75, 3.05) is 55.5 Å². The molecule has 3 N–H and O–H groups in total. The van der Waals surface area contributed by atoms with Gasteiger partial charge in [0, 0.05) is 57.1 Å². The third kappa shape index (κ3) is 7.66. The second-order valence-electron chi connectivity index (χ2n) is 9.64. The molecule has 3 aromatic rings. The molecule has 0 spiro atoms. The van der Waals surface area contributed by atoms with Crippen molar-refractivity contribution in [2.45, 2.75) is 20.0 Å². The number of sulfonamides is 1. The second-order valence-corrected chi connectivity index (χ2v) is 11.6. The van der Waals surface area contributed by atoms with Gasteiger partial charge in [-0.15, -0.1) is 0 Å². The second kappa shape index (κ2) is 12.4. The zero-order valence-electron chi connectivity index (χ0n) is 23.6. The van der Waals surface area contributed by atoms with Crippen molar-refractivity contribution >= 4 is 50.7 Å². The lowest BCUT2D eigenvalue weighted by Gasteiger charge is -2.33. The van der Waals surface area contributed by atoms with Crippen LogP contribution in [0.25, 0.3) is 0 Å². The number of halogens is 3. The van der Waals surface area contributed by atoms with E-state index in [2.05, 4.69) is 30.9 Å². The van der Waals surface area contributed by atoms with Crippen LogP contribution in [0.15, 0.2) is 36.7 Å². The van der Waals surface area contributed by atoms with E-state index >= 15 is 0 Å². The molecule has 17 heteroatoms. The van der Waals surface area contributed by atoms with Crippen molar-refractivity contribution < 1.29 is 35.9 Å². The normalized spacial score (nSPS) is 14.3. The van der Waals surface area contributed by atoms with E-state index in [-0.39, 0.29) is 54.9 Å². The summed E-state index contributed by atoms with van der Waals surface area (Å²) in [5.74, 6) is -1.46. The van der Waals surface area contributed by atoms with E-state index in [9.17, 15) is 31.2 Å². The number of aromatic nitrogens is 3. The van der Waals surface area contributed by atoms with Crippen molar-refractivity contribution in [2.24, 2.45) is 0 Å². The molecule has 2 amide bonds. The molecule has 230 valence electrons. The Morgan fingerprint density at radius 2 is 1.67 bits per heavy atom. The summed E-state index contributed by atoms with van der Waals surface area (Å²) < 4.78 is 71.8. The molecular formula is C26H29F3N8O5S. The number of benzene rings is 1. The highest BCUT2D eigenvalue weighted by Gasteiger charge is 2.36. The number of carbonyl (C=O) groups excluding carboxylic acids is 2. The van der Waals surface area contributed by atoms with Crippen molar-refractivity contribution in [3.05, 3.63) is 53.3 Å². The molecule has 1 aliphatic heterocycles. The number of amides is 2. The third-order valence-electron chi connectivity index (χ3n) is 6.45. The Bertz CT molecular complexity index is 1640. The van der Waals surface area contributed by atoms with Crippen molar-refractivity contribution in [3.63, 3.8) is 0 Å². The van der Waals surface area contributed by atoms with Gasteiger partial charge in [0.1, 0.15) is 11.4 Å². The number of anilines is 5. The van der Waals surface area contributed by atoms with Crippen LogP contribution < -0.4 is 20.7 Å². The van der Waals surface area contributed by atoms with Gasteiger partial charge >= 0.3 is 6.18 Å². The van der Waals surface area contributed by atoms with Gasteiger partial charge in [-0.2, -0.15) is 22.5 Å². The minimum absolute atomic E-state index is 0.0316. The van der Waals surface area contributed by atoms with Gasteiger partial charge in [-0.1, -0.05) is 0 Å². The van der Waals surface area contributed by atoms with Crippen LogP contribution in [0.5, 0.6) is 5.88 Å². The first-order valence-electron chi connectivity index (χ1n) is 12.8. The number of hydrogen-bond donors (Lipinski definition) is 3. The van der Waals surface area contributed by atoms with E-state index in [4.69, 9.17) is 4.74 Å². The van der Waals surface area contributed by atoms with Crippen LogP contribution in [0.3, 0.4) is 0 Å². The zero-order valence-corrected chi connectivity index (χ0v) is 24.4. The van der Waals surface area contributed by atoms with E-state index in [1.54, 1.807) is 6.92 Å². The molecule has 1 saturated heterocycles. The van der Waals surface area contributed by atoms with Crippen LogP contribution in [0.2, 0.25) is 0 Å². The number of pyridine rings is 1.